The van der Waals surface area contributed by atoms with Crippen LogP contribution in [-0.4, -0.2) is 57.6 Å². The lowest BCUT2D eigenvalue weighted by molar-refractivity contribution is -0.138. The Bertz CT molecular complexity index is 639. The van der Waals surface area contributed by atoms with Gasteiger partial charge in [0, 0.05) is 24.2 Å². The maximum Gasteiger partial charge on any atom is 0.305 e. The first-order valence-corrected chi connectivity index (χ1v) is 9.46. The minimum Gasteiger partial charge on any atom is -0.481 e. The van der Waals surface area contributed by atoms with E-state index in [4.69, 9.17) is 21.4 Å². The Kier molecular flexibility index (Phi) is 5.50. The molecule has 1 aliphatic heterocycles. The van der Waals surface area contributed by atoms with Crippen LogP contribution in [0, 0.1) is 5.92 Å². The molecule has 1 saturated carbocycles. The molecule has 1 aromatic heterocycles. The third-order valence-corrected chi connectivity index (χ3v) is 5.47. The molecule has 2 fully saturated rings. The molecule has 2 heterocycles. The van der Waals surface area contributed by atoms with E-state index in [-0.39, 0.29) is 18.4 Å². The van der Waals surface area contributed by atoms with Gasteiger partial charge in [-0.2, -0.15) is 11.8 Å². The maximum absolute atomic E-state index is 12.7. The first kappa shape index (κ1) is 17.4. The van der Waals surface area contributed by atoms with Crippen molar-refractivity contribution in [2.24, 2.45) is 5.92 Å². The molecule has 1 unspecified atom stereocenters. The highest BCUT2D eigenvalue weighted by molar-refractivity contribution is 7.99. The molecular formula is C16H19ClN2O4S. The average Bonchev–Trinajstić information content (AvgIpc) is 3.37. The van der Waals surface area contributed by atoms with Crippen LogP contribution in [-0.2, 0) is 4.79 Å². The zero-order valence-corrected chi connectivity index (χ0v) is 14.7. The number of aromatic nitrogens is 1. The van der Waals surface area contributed by atoms with Gasteiger partial charge in [0.05, 0.1) is 24.6 Å². The number of ether oxygens (including phenoxy) is 1. The molecule has 1 atom stereocenters. The molecule has 1 amide bonds. The van der Waals surface area contributed by atoms with E-state index < -0.39 is 5.97 Å². The predicted molar refractivity (Wildman–Crippen MR) is 91.9 cm³/mol. The van der Waals surface area contributed by atoms with Gasteiger partial charge in [0.1, 0.15) is 5.02 Å². The van der Waals surface area contributed by atoms with Gasteiger partial charge in [0.2, 0.25) is 5.88 Å². The molecule has 6 nitrogen and oxygen atoms in total. The van der Waals surface area contributed by atoms with Crippen molar-refractivity contribution < 1.29 is 19.4 Å². The number of halogens is 1. The van der Waals surface area contributed by atoms with E-state index in [1.807, 2.05) is 0 Å². The van der Waals surface area contributed by atoms with Gasteiger partial charge >= 0.3 is 5.97 Å². The third-order valence-electron chi connectivity index (χ3n) is 4.11. The highest BCUT2D eigenvalue weighted by Crippen LogP contribution is 2.31. The van der Waals surface area contributed by atoms with Gasteiger partial charge in [-0.1, -0.05) is 11.6 Å². The molecule has 0 aromatic carbocycles. The van der Waals surface area contributed by atoms with Gasteiger partial charge in [-0.15, -0.1) is 0 Å². The van der Waals surface area contributed by atoms with E-state index in [0.29, 0.717) is 41.3 Å². The van der Waals surface area contributed by atoms with Crippen LogP contribution in [0.4, 0.5) is 0 Å². The molecule has 1 N–H and O–H groups in total. The number of rotatable bonds is 6. The summed E-state index contributed by atoms with van der Waals surface area (Å²) in [6, 6.07) is 1.25. The highest BCUT2D eigenvalue weighted by atomic mass is 35.5. The van der Waals surface area contributed by atoms with E-state index in [0.717, 1.165) is 5.75 Å². The highest BCUT2D eigenvalue weighted by Gasteiger charge is 2.30. The lowest BCUT2D eigenvalue weighted by Gasteiger charge is -2.34. The molecule has 130 valence electrons. The van der Waals surface area contributed by atoms with Crippen LogP contribution < -0.4 is 4.74 Å². The Morgan fingerprint density at radius 1 is 1.46 bits per heavy atom. The van der Waals surface area contributed by atoms with E-state index in [2.05, 4.69) is 4.98 Å². The second kappa shape index (κ2) is 7.61. The van der Waals surface area contributed by atoms with Crippen molar-refractivity contribution in [3.05, 3.63) is 22.8 Å². The number of hydrogen-bond acceptors (Lipinski definition) is 5. The molecule has 0 spiro atoms. The van der Waals surface area contributed by atoms with Crippen LogP contribution in [0.2, 0.25) is 5.02 Å². The van der Waals surface area contributed by atoms with E-state index in [1.54, 1.807) is 22.7 Å². The third kappa shape index (κ3) is 4.33. The molecule has 2 aliphatic rings. The number of aliphatic carboxylic acids is 1. The zero-order chi connectivity index (χ0) is 17.1. The van der Waals surface area contributed by atoms with Crippen LogP contribution in [0.3, 0.4) is 0 Å². The Hall–Kier alpha value is -1.47. The normalized spacial score (nSPS) is 20.7. The van der Waals surface area contributed by atoms with Crippen molar-refractivity contribution in [1.29, 1.82) is 0 Å². The molecule has 1 aliphatic carbocycles. The van der Waals surface area contributed by atoms with Crippen molar-refractivity contribution in [2.75, 3.05) is 24.7 Å². The number of carboxylic acids is 1. The summed E-state index contributed by atoms with van der Waals surface area (Å²) in [7, 11) is 0. The van der Waals surface area contributed by atoms with Crippen LogP contribution in [0.5, 0.6) is 5.88 Å². The lowest BCUT2D eigenvalue weighted by atomic mass is 10.1. The van der Waals surface area contributed by atoms with Gasteiger partial charge in [-0.05, 0) is 24.8 Å². The Balaban J connectivity index is 1.70. The monoisotopic (exact) mass is 370 g/mol. The number of pyridine rings is 1. The molecular weight excluding hydrogens is 352 g/mol. The van der Waals surface area contributed by atoms with Gasteiger partial charge in [0.25, 0.3) is 5.91 Å². The Morgan fingerprint density at radius 3 is 2.92 bits per heavy atom. The number of carbonyl (C=O) groups excluding carboxylic acids is 1. The molecule has 0 bridgehead atoms. The molecule has 3 rings (SSSR count). The molecule has 1 saturated heterocycles. The van der Waals surface area contributed by atoms with Crippen LogP contribution in [0.15, 0.2) is 12.3 Å². The molecule has 0 radical (unpaired) electrons. The summed E-state index contributed by atoms with van der Waals surface area (Å²) in [5.74, 6) is 1.22. The topological polar surface area (TPSA) is 79.7 Å². The number of carboxylic acid groups (broad SMARTS) is 1. The minimum absolute atomic E-state index is 0.0531. The smallest absolute Gasteiger partial charge is 0.305 e. The van der Waals surface area contributed by atoms with Crippen molar-refractivity contribution in [1.82, 2.24) is 9.88 Å². The quantitative estimate of drug-likeness (QED) is 0.829. The van der Waals surface area contributed by atoms with E-state index >= 15 is 0 Å². The van der Waals surface area contributed by atoms with Gasteiger partial charge in [0.15, 0.2) is 0 Å². The van der Waals surface area contributed by atoms with Crippen molar-refractivity contribution in [3.8, 4) is 5.88 Å². The van der Waals surface area contributed by atoms with Gasteiger partial charge in [-0.3, -0.25) is 9.59 Å². The Morgan fingerprint density at radius 2 is 2.25 bits per heavy atom. The number of amides is 1. The largest absolute Gasteiger partial charge is 0.481 e. The fraction of sp³-hybridized carbons (Fsp3) is 0.562. The van der Waals surface area contributed by atoms with Crippen LogP contribution in [0.25, 0.3) is 0 Å². The summed E-state index contributed by atoms with van der Waals surface area (Å²) < 4.78 is 5.57. The number of nitrogens with zero attached hydrogens (tertiary/aromatic N) is 2. The summed E-state index contributed by atoms with van der Waals surface area (Å²) in [6.45, 7) is 1.13. The van der Waals surface area contributed by atoms with Gasteiger partial charge in [-0.25, -0.2) is 4.98 Å². The number of carbonyl (C=O) groups is 2. The van der Waals surface area contributed by atoms with Gasteiger partial charge < -0.3 is 14.7 Å². The lowest BCUT2D eigenvalue weighted by Crippen LogP contribution is -2.47. The van der Waals surface area contributed by atoms with Crippen molar-refractivity contribution in [3.63, 3.8) is 0 Å². The Labute approximate surface area is 149 Å². The fourth-order valence-electron chi connectivity index (χ4n) is 2.59. The number of hydrogen-bond donors (Lipinski definition) is 1. The molecule has 8 heteroatoms. The van der Waals surface area contributed by atoms with E-state index in [1.165, 1.54) is 19.0 Å². The van der Waals surface area contributed by atoms with Crippen LogP contribution >= 0.6 is 23.4 Å². The molecule has 24 heavy (non-hydrogen) atoms. The summed E-state index contributed by atoms with van der Waals surface area (Å²) in [5.41, 5.74) is 0.362. The summed E-state index contributed by atoms with van der Waals surface area (Å²) in [6.07, 6.45) is 3.75. The minimum atomic E-state index is -0.903. The maximum atomic E-state index is 12.7. The second-order valence-electron chi connectivity index (χ2n) is 6.09. The number of thioether (sulfide) groups is 1. The fourth-order valence-corrected chi connectivity index (χ4v) is 3.87. The predicted octanol–water partition coefficient (Wildman–Crippen LogP) is 2.56. The SMILES string of the molecule is O=C(O)CC1CSCCN1C(=O)c1cnc(OCC2CC2)c(Cl)c1. The average molecular weight is 371 g/mol. The first-order chi connectivity index (χ1) is 11.5. The first-order valence-electron chi connectivity index (χ1n) is 7.93. The zero-order valence-electron chi connectivity index (χ0n) is 13.1. The van der Waals surface area contributed by atoms with Crippen molar-refractivity contribution >= 4 is 35.2 Å². The summed E-state index contributed by atoms with van der Waals surface area (Å²) in [5, 5.41) is 9.34. The van der Waals surface area contributed by atoms with Crippen molar-refractivity contribution in [2.45, 2.75) is 25.3 Å². The molecule has 1 aromatic rings. The van der Waals surface area contributed by atoms with Crippen LogP contribution in [0.1, 0.15) is 29.6 Å². The van der Waals surface area contributed by atoms with E-state index in [9.17, 15) is 9.59 Å². The standard InChI is InChI=1S/C16H19ClN2O4S/c17-13-5-11(7-18-15(13)23-8-10-1-2-10)16(22)19-3-4-24-9-12(19)6-14(20)21/h5,7,10,12H,1-4,6,8-9H2,(H,20,21). The second-order valence-corrected chi connectivity index (χ2v) is 7.65. The summed E-state index contributed by atoms with van der Waals surface area (Å²) >= 11 is 7.84. The summed E-state index contributed by atoms with van der Waals surface area (Å²) in [4.78, 5) is 29.5.